The van der Waals surface area contributed by atoms with Crippen LogP contribution in [0.5, 0.6) is 5.88 Å². The minimum Gasteiger partial charge on any atom is -0.481 e. The summed E-state index contributed by atoms with van der Waals surface area (Å²) in [4.78, 5) is 4.18. The van der Waals surface area contributed by atoms with E-state index >= 15 is 0 Å². The molecule has 0 N–H and O–H groups in total. The molecular weight excluding hydrogens is 174 g/mol. The second-order valence-corrected chi connectivity index (χ2v) is 3.62. The Morgan fingerprint density at radius 2 is 2.00 bits per heavy atom. The highest BCUT2D eigenvalue weighted by molar-refractivity contribution is 5.37. The molecule has 2 rings (SSSR count). The third-order valence-electron chi connectivity index (χ3n) is 2.61. The average molecular weight is 193 g/mol. The van der Waals surface area contributed by atoms with E-state index in [0.717, 1.165) is 5.88 Å². The van der Waals surface area contributed by atoms with Crippen molar-refractivity contribution < 1.29 is 4.74 Å². The van der Waals surface area contributed by atoms with E-state index in [1.807, 2.05) is 19.9 Å². The first-order valence-corrected chi connectivity index (χ1v) is 5.26. The van der Waals surface area contributed by atoms with Gasteiger partial charge in [-0.2, -0.15) is 0 Å². The molecule has 1 heterocycles. The third-order valence-corrected chi connectivity index (χ3v) is 2.61. The lowest BCUT2D eigenvalue weighted by molar-refractivity contribution is 0.388. The fourth-order valence-electron chi connectivity index (χ4n) is 1.47. The van der Waals surface area contributed by atoms with E-state index < -0.39 is 0 Å². The molecule has 1 aromatic heterocycles. The smallest absolute Gasteiger partial charge is 0.216 e. The highest BCUT2D eigenvalue weighted by Gasteiger charge is 2.41. The molecule has 0 aromatic carbocycles. The Morgan fingerprint density at radius 3 is 2.50 bits per heavy atom. The van der Waals surface area contributed by atoms with Crippen LogP contribution in [0.2, 0.25) is 0 Å². The van der Waals surface area contributed by atoms with Gasteiger partial charge in [0.25, 0.3) is 0 Å². The molecule has 1 aromatic rings. The Bertz CT molecular complexity index is 292. The summed E-state index contributed by atoms with van der Waals surface area (Å²) in [7, 11) is 1.68. The lowest BCUT2D eigenvalue weighted by Crippen LogP contribution is -2.03. The minimum atomic E-state index is 0.347. The molecule has 0 bridgehead atoms. The van der Waals surface area contributed by atoms with Gasteiger partial charge < -0.3 is 4.74 Å². The van der Waals surface area contributed by atoms with E-state index in [0.29, 0.717) is 5.41 Å². The first kappa shape index (κ1) is 11.0. The van der Waals surface area contributed by atoms with Crippen molar-refractivity contribution in [3.8, 4) is 5.88 Å². The average Bonchev–Trinajstić information content (AvgIpc) is 3.01. The molecule has 1 fully saturated rings. The predicted molar refractivity (Wildman–Crippen MR) is 58.7 cm³/mol. The molecule has 0 spiro atoms. The number of rotatable bonds is 2. The van der Waals surface area contributed by atoms with E-state index in [9.17, 15) is 0 Å². The van der Waals surface area contributed by atoms with Gasteiger partial charge in [0, 0.05) is 11.8 Å². The van der Waals surface area contributed by atoms with Gasteiger partial charge in [-0.25, -0.2) is 4.98 Å². The quantitative estimate of drug-likeness (QED) is 0.719. The summed E-state index contributed by atoms with van der Waals surface area (Å²) in [6.45, 7) is 6.26. The molecule has 0 amide bonds. The van der Waals surface area contributed by atoms with Crippen LogP contribution in [0.1, 0.15) is 39.2 Å². The molecule has 14 heavy (non-hydrogen) atoms. The fraction of sp³-hybridized carbons (Fsp3) is 0.583. The highest BCUT2D eigenvalue weighted by atomic mass is 16.5. The first-order valence-electron chi connectivity index (χ1n) is 5.26. The Balaban J connectivity index is 0.000000461. The molecule has 2 heteroatoms. The van der Waals surface area contributed by atoms with Gasteiger partial charge in [-0.15, -0.1) is 0 Å². The molecule has 2 nitrogen and oxygen atoms in total. The van der Waals surface area contributed by atoms with Gasteiger partial charge in [0.15, 0.2) is 0 Å². The maximum absolute atomic E-state index is 5.20. The zero-order valence-electron chi connectivity index (χ0n) is 9.50. The van der Waals surface area contributed by atoms with Crippen LogP contribution >= 0.6 is 0 Å². The Hall–Kier alpha value is -1.05. The number of hydrogen-bond donors (Lipinski definition) is 0. The van der Waals surface area contributed by atoms with Gasteiger partial charge >= 0.3 is 0 Å². The lowest BCUT2D eigenvalue weighted by atomic mass is 10.00. The molecule has 1 aliphatic carbocycles. The van der Waals surface area contributed by atoms with Crippen LogP contribution in [0.15, 0.2) is 18.3 Å². The van der Waals surface area contributed by atoms with E-state index in [4.69, 9.17) is 4.74 Å². The second-order valence-electron chi connectivity index (χ2n) is 3.62. The van der Waals surface area contributed by atoms with Crippen LogP contribution in [0.3, 0.4) is 0 Å². The van der Waals surface area contributed by atoms with Crippen molar-refractivity contribution in [3.05, 3.63) is 23.9 Å². The maximum Gasteiger partial charge on any atom is 0.216 e. The summed E-state index contributed by atoms with van der Waals surface area (Å²) >= 11 is 0. The minimum absolute atomic E-state index is 0.347. The van der Waals surface area contributed by atoms with Crippen molar-refractivity contribution in [1.29, 1.82) is 0 Å². The zero-order chi connectivity index (χ0) is 10.6. The van der Waals surface area contributed by atoms with Crippen LogP contribution in [-0.2, 0) is 5.41 Å². The number of nitrogens with zero attached hydrogens (tertiary/aromatic N) is 1. The summed E-state index contributed by atoms with van der Waals surface area (Å²) in [5, 5.41) is 0. The lowest BCUT2D eigenvalue weighted by Gasteiger charge is -2.11. The second kappa shape index (κ2) is 4.45. The first-order chi connectivity index (χ1) is 6.76. The van der Waals surface area contributed by atoms with Crippen LogP contribution in [0.25, 0.3) is 0 Å². The number of aromatic nitrogens is 1. The molecule has 1 aliphatic rings. The van der Waals surface area contributed by atoms with Gasteiger partial charge in [-0.05, 0) is 24.3 Å². The van der Waals surface area contributed by atoms with E-state index in [-0.39, 0.29) is 0 Å². The Labute approximate surface area is 86.3 Å². The number of hydrogen-bond acceptors (Lipinski definition) is 2. The summed E-state index contributed by atoms with van der Waals surface area (Å²) in [6.07, 6.45) is 4.29. The molecule has 0 unspecified atom stereocenters. The third kappa shape index (κ3) is 2.06. The van der Waals surface area contributed by atoms with Crippen LogP contribution < -0.4 is 4.74 Å². The van der Waals surface area contributed by atoms with E-state index in [1.54, 1.807) is 13.3 Å². The largest absolute Gasteiger partial charge is 0.481 e. The summed E-state index contributed by atoms with van der Waals surface area (Å²) in [5.74, 6) is 0.789. The molecule has 0 radical (unpaired) electrons. The molecule has 0 aliphatic heterocycles. The SMILES string of the molecule is CC.COc1ncccc1C1(C)CC1. The number of pyridine rings is 1. The van der Waals surface area contributed by atoms with Crippen molar-refractivity contribution in [2.24, 2.45) is 0 Å². The van der Waals surface area contributed by atoms with Gasteiger partial charge in [-0.1, -0.05) is 26.8 Å². The standard InChI is InChI=1S/C10H13NO.C2H6/c1-10(5-6-10)8-4-3-7-11-9(8)12-2;1-2/h3-4,7H,5-6H2,1-2H3;1-2H3. The van der Waals surface area contributed by atoms with Crippen molar-refractivity contribution >= 4 is 0 Å². The highest BCUT2D eigenvalue weighted by Crippen LogP contribution is 2.49. The predicted octanol–water partition coefficient (Wildman–Crippen LogP) is 3.17. The van der Waals surface area contributed by atoms with Crippen LogP contribution in [0.4, 0.5) is 0 Å². The molecule has 78 valence electrons. The molecular formula is C12H19NO. The van der Waals surface area contributed by atoms with Crippen LogP contribution in [-0.4, -0.2) is 12.1 Å². The summed E-state index contributed by atoms with van der Waals surface area (Å²) < 4.78 is 5.20. The Morgan fingerprint density at radius 1 is 1.36 bits per heavy atom. The van der Waals surface area contributed by atoms with Crippen molar-refractivity contribution in [1.82, 2.24) is 4.98 Å². The van der Waals surface area contributed by atoms with Crippen molar-refractivity contribution in [2.45, 2.75) is 39.0 Å². The number of ether oxygens (including phenoxy) is 1. The van der Waals surface area contributed by atoms with E-state index in [2.05, 4.69) is 18.0 Å². The molecule has 0 atom stereocenters. The van der Waals surface area contributed by atoms with E-state index in [1.165, 1.54) is 18.4 Å². The summed E-state index contributed by atoms with van der Waals surface area (Å²) in [6, 6.07) is 4.08. The fourth-order valence-corrected chi connectivity index (χ4v) is 1.47. The molecule has 1 saturated carbocycles. The van der Waals surface area contributed by atoms with Gasteiger partial charge in [0.05, 0.1) is 7.11 Å². The zero-order valence-corrected chi connectivity index (χ0v) is 9.50. The normalized spacial score (nSPS) is 16.6. The topological polar surface area (TPSA) is 22.1 Å². The Kier molecular flexibility index (Phi) is 3.50. The maximum atomic E-state index is 5.20. The van der Waals surface area contributed by atoms with Gasteiger partial charge in [-0.3, -0.25) is 0 Å². The van der Waals surface area contributed by atoms with Crippen LogP contribution in [0, 0.1) is 0 Å². The number of methoxy groups -OCH3 is 1. The van der Waals surface area contributed by atoms with Crippen molar-refractivity contribution in [2.75, 3.05) is 7.11 Å². The van der Waals surface area contributed by atoms with Crippen molar-refractivity contribution in [3.63, 3.8) is 0 Å². The molecule has 0 saturated heterocycles. The van der Waals surface area contributed by atoms with Gasteiger partial charge in [0.1, 0.15) is 0 Å². The summed E-state index contributed by atoms with van der Waals surface area (Å²) in [5.41, 5.74) is 1.60. The van der Waals surface area contributed by atoms with Gasteiger partial charge in [0.2, 0.25) is 5.88 Å². The monoisotopic (exact) mass is 193 g/mol.